The van der Waals surface area contributed by atoms with E-state index in [1.54, 1.807) is 0 Å². The van der Waals surface area contributed by atoms with Crippen LogP contribution in [0.15, 0.2) is 24.3 Å². The monoisotopic (exact) mass is 392 g/mol. The predicted molar refractivity (Wildman–Crippen MR) is 112 cm³/mol. The van der Waals surface area contributed by atoms with Crippen molar-refractivity contribution in [1.82, 2.24) is 10.2 Å². The van der Waals surface area contributed by atoms with E-state index in [1.165, 1.54) is 37.7 Å². The highest BCUT2D eigenvalue weighted by molar-refractivity contribution is 6.05. The number of likely N-dealkylation sites (tertiary alicyclic amines) is 1. The fourth-order valence-electron chi connectivity index (χ4n) is 7.91. The smallest absolute Gasteiger partial charge is 0.234 e. The Bertz CT molecular complexity index is 821. The van der Waals surface area contributed by atoms with Gasteiger partial charge < -0.3 is 5.32 Å². The zero-order valence-electron chi connectivity index (χ0n) is 17.2. The number of fused-ring (bicyclic) bond motifs is 1. The summed E-state index contributed by atoms with van der Waals surface area (Å²) < 4.78 is 0. The average Bonchev–Trinajstić information content (AvgIpc) is 2.96. The lowest BCUT2D eigenvalue weighted by atomic mass is 9.54. The van der Waals surface area contributed by atoms with E-state index in [4.69, 9.17) is 0 Å². The van der Waals surface area contributed by atoms with E-state index in [1.807, 2.05) is 18.2 Å². The van der Waals surface area contributed by atoms with Gasteiger partial charge in [0.2, 0.25) is 5.91 Å². The number of amides is 1. The molecular weight excluding hydrogens is 360 g/mol. The van der Waals surface area contributed by atoms with Gasteiger partial charge in [-0.3, -0.25) is 14.5 Å². The molecule has 1 saturated heterocycles. The lowest BCUT2D eigenvalue weighted by Gasteiger charge is -2.54. The highest BCUT2D eigenvalue weighted by Crippen LogP contribution is 2.53. The van der Waals surface area contributed by atoms with Crippen molar-refractivity contribution >= 4 is 11.7 Å². The van der Waals surface area contributed by atoms with E-state index in [0.29, 0.717) is 30.2 Å². The molecule has 1 unspecified atom stereocenters. The summed E-state index contributed by atoms with van der Waals surface area (Å²) in [5.41, 5.74) is 1.80. The van der Waals surface area contributed by atoms with Gasteiger partial charge in [-0.25, -0.2) is 0 Å². The number of ketones is 1. The quantitative estimate of drug-likeness (QED) is 0.857. The number of carbonyl (C=O) groups is 2. The van der Waals surface area contributed by atoms with E-state index in [0.717, 1.165) is 49.8 Å². The van der Waals surface area contributed by atoms with Crippen LogP contribution in [-0.2, 0) is 11.2 Å². The largest absolute Gasteiger partial charge is 0.352 e. The molecule has 1 aromatic rings. The van der Waals surface area contributed by atoms with Gasteiger partial charge in [0.15, 0.2) is 5.78 Å². The summed E-state index contributed by atoms with van der Waals surface area (Å²) in [6.45, 7) is 2.12. The maximum Gasteiger partial charge on any atom is 0.234 e. The first-order valence-electron chi connectivity index (χ1n) is 11.7. The molecule has 1 spiro atoms. The van der Waals surface area contributed by atoms with Gasteiger partial charge in [0.05, 0.1) is 12.0 Å². The first-order valence-corrected chi connectivity index (χ1v) is 11.7. The number of piperidine rings is 1. The number of hydrogen-bond acceptors (Lipinski definition) is 3. The molecule has 5 fully saturated rings. The molecule has 4 nitrogen and oxygen atoms in total. The lowest BCUT2D eigenvalue weighted by Crippen LogP contribution is -2.57. The zero-order valence-corrected chi connectivity index (χ0v) is 17.2. The number of rotatable bonds is 3. The summed E-state index contributed by atoms with van der Waals surface area (Å²) in [5, 5.41) is 3.45. The van der Waals surface area contributed by atoms with Gasteiger partial charge >= 0.3 is 0 Å². The molecule has 4 bridgehead atoms. The van der Waals surface area contributed by atoms with Crippen LogP contribution in [-0.4, -0.2) is 42.3 Å². The Kier molecular flexibility index (Phi) is 4.16. The van der Waals surface area contributed by atoms with Gasteiger partial charge in [-0.1, -0.05) is 24.3 Å². The van der Waals surface area contributed by atoms with Crippen LogP contribution in [0.4, 0.5) is 0 Å². The van der Waals surface area contributed by atoms with Crippen molar-refractivity contribution in [3.8, 4) is 0 Å². The average molecular weight is 393 g/mol. The Balaban J connectivity index is 1.11. The van der Waals surface area contributed by atoms with Crippen LogP contribution in [0.25, 0.3) is 0 Å². The van der Waals surface area contributed by atoms with Crippen molar-refractivity contribution in [3.05, 3.63) is 35.4 Å². The van der Waals surface area contributed by atoms with Gasteiger partial charge in [0.1, 0.15) is 0 Å². The van der Waals surface area contributed by atoms with Crippen LogP contribution in [0.2, 0.25) is 0 Å². The van der Waals surface area contributed by atoms with E-state index in [2.05, 4.69) is 16.3 Å². The summed E-state index contributed by atoms with van der Waals surface area (Å²) in [7, 11) is 0. The van der Waals surface area contributed by atoms with E-state index < -0.39 is 0 Å². The number of carbonyl (C=O) groups excluding carboxylic acids is 2. The molecule has 4 saturated carbocycles. The molecule has 1 aromatic carbocycles. The minimum atomic E-state index is -0.301. The highest BCUT2D eigenvalue weighted by Gasteiger charge is 2.50. The number of Topliss-reactive ketones (excluding diaryl/α,β-unsaturated/α-hetero) is 1. The number of benzene rings is 1. The molecular formula is C25H32N2O2. The first-order chi connectivity index (χ1) is 14.1. The van der Waals surface area contributed by atoms with Gasteiger partial charge in [-0.05, 0) is 87.1 Å². The molecule has 1 aliphatic heterocycles. The van der Waals surface area contributed by atoms with Crippen molar-refractivity contribution in [2.24, 2.45) is 29.1 Å². The second-order valence-corrected chi connectivity index (χ2v) is 10.8. The van der Waals surface area contributed by atoms with Crippen LogP contribution >= 0.6 is 0 Å². The highest BCUT2D eigenvalue weighted by atomic mass is 16.2. The molecule has 1 atom stereocenters. The van der Waals surface area contributed by atoms with Crippen molar-refractivity contribution in [3.63, 3.8) is 0 Å². The minimum Gasteiger partial charge on any atom is -0.352 e. The fourth-order valence-corrected chi connectivity index (χ4v) is 7.91. The van der Waals surface area contributed by atoms with Crippen LogP contribution in [0, 0.1) is 29.1 Å². The van der Waals surface area contributed by atoms with Gasteiger partial charge in [-0.15, -0.1) is 0 Å². The molecule has 29 heavy (non-hydrogen) atoms. The molecule has 6 aliphatic rings. The molecule has 0 radical (unpaired) electrons. The number of hydrogen-bond donors (Lipinski definition) is 1. The van der Waals surface area contributed by atoms with Crippen LogP contribution < -0.4 is 5.32 Å². The van der Waals surface area contributed by atoms with Crippen LogP contribution in [0.5, 0.6) is 0 Å². The standard InChI is InChI=1S/C25H32N2O2/c28-22(26-23-19-9-16-8-17(11-19)12-20(23)10-16)14-27-7-3-6-25(15-27)13-18-4-1-2-5-21(18)24(25)29/h1-2,4-5,16-17,19-20,23H,3,6-15H2,(H,26,28). The van der Waals surface area contributed by atoms with Crippen molar-refractivity contribution in [2.75, 3.05) is 19.6 Å². The second-order valence-electron chi connectivity index (χ2n) is 10.8. The predicted octanol–water partition coefficient (Wildman–Crippen LogP) is 3.45. The molecule has 1 amide bonds. The molecule has 1 N–H and O–H groups in total. The molecule has 154 valence electrons. The summed E-state index contributed by atoms with van der Waals surface area (Å²) in [6.07, 6.45) is 9.57. The van der Waals surface area contributed by atoms with Gasteiger partial charge in [0, 0.05) is 18.2 Å². The van der Waals surface area contributed by atoms with Gasteiger partial charge in [-0.2, -0.15) is 0 Å². The summed E-state index contributed by atoms with van der Waals surface area (Å²) in [6, 6.07) is 8.48. The molecule has 0 aromatic heterocycles. The normalized spacial score (nSPS) is 40.4. The first kappa shape index (κ1) is 18.1. The maximum atomic E-state index is 13.2. The third-order valence-corrected chi connectivity index (χ3v) is 8.85. The van der Waals surface area contributed by atoms with Gasteiger partial charge in [0.25, 0.3) is 0 Å². The van der Waals surface area contributed by atoms with E-state index in [-0.39, 0.29) is 11.3 Å². The Labute approximate surface area is 173 Å². The van der Waals surface area contributed by atoms with E-state index >= 15 is 0 Å². The second kappa shape index (κ2) is 6.66. The summed E-state index contributed by atoms with van der Waals surface area (Å²) in [5.74, 6) is 3.79. The van der Waals surface area contributed by atoms with Crippen LogP contribution in [0.3, 0.4) is 0 Å². The zero-order chi connectivity index (χ0) is 19.6. The number of nitrogens with one attached hydrogen (secondary N) is 1. The Morgan fingerprint density at radius 3 is 2.52 bits per heavy atom. The third kappa shape index (κ3) is 2.98. The topological polar surface area (TPSA) is 49.4 Å². The summed E-state index contributed by atoms with van der Waals surface area (Å²) >= 11 is 0. The maximum absolute atomic E-state index is 13.2. The molecule has 4 heteroatoms. The summed E-state index contributed by atoms with van der Waals surface area (Å²) in [4.78, 5) is 28.4. The Hall–Kier alpha value is -1.68. The molecule has 1 heterocycles. The van der Waals surface area contributed by atoms with Crippen molar-refractivity contribution in [2.45, 2.75) is 57.4 Å². The Morgan fingerprint density at radius 2 is 1.79 bits per heavy atom. The van der Waals surface area contributed by atoms with E-state index in [9.17, 15) is 9.59 Å². The van der Waals surface area contributed by atoms with Crippen LogP contribution in [0.1, 0.15) is 60.9 Å². The molecule has 7 rings (SSSR count). The number of nitrogens with zero attached hydrogens (tertiary/aromatic N) is 1. The SMILES string of the molecule is O=C(CN1CCCC2(Cc3ccccc3C2=O)C1)NC1C2CC3CC(C2)CC1C3. The third-order valence-electron chi connectivity index (χ3n) is 8.85. The molecule has 5 aliphatic carbocycles. The Morgan fingerprint density at radius 1 is 1.07 bits per heavy atom. The van der Waals surface area contributed by atoms with Crippen molar-refractivity contribution < 1.29 is 9.59 Å². The lowest BCUT2D eigenvalue weighted by molar-refractivity contribution is -0.126. The fraction of sp³-hybridized carbons (Fsp3) is 0.680. The minimum absolute atomic E-state index is 0.183. The van der Waals surface area contributed by atoms with Crippen molar-refractivity contribution in [1.29, 1.82) is 0 Å².